The van der Waals surface area contributed by atoms with Gasteiger partial charge < -0.3 is 14.7 Å². The molecule has 5 heteroatoms. The Kier molecular flexibility index (Phi) is 4.96. The second-order valence-corrected chi connectivity index (χ2v) is 5.97. The summed E-state index contributed by atoms with van der Waals surface area (Å²) in [7, 11) is 1.71. The Morgan fingerprint density at radius 2 is 2.14 bits per heavy atom. The van der Waals surface area contributed by atoms with Crippen LogP contribution in [0, 0.1) is 12.8 Å². The number of carbonyl (C=O) groups excluding carboxylic acids is 1. The highest BCUT2D eigenvalue weighted by Crippen LogP contribution is 2.29. The Morgan fingerprint density at radius 3 is 2.76 bits per heavy atom. The van der Waals surface area contributed by atoms with Gasteiger partial charge in [-0.05, 0) is 38.8 Å². The van der Waals surface area contributed by atoms with Crippen LogP contribution in [0.5, 0.6) is 0 Å². The molecule has 2 heterocycles. The molecular weight excluding hydrogens is 268 g/mol. The van der Waals surface area contributed by atoms with E-state index in [0.717, 1.165) is 24.2 Å². The van der Waals surface area contributed by atoms with Crippen LogP contribution in [0.3, 0.4) is 0 Å². The third-order valence-electron chi connectivity index (χ3n) is 4.14. The van der Waals surface area contributed by atoms with Crippen LogP contribution in [0.15, 0.2) is 18.2 Å². The van der Waals surface area contributed by atoms with E-state index < -0.39 is 5.60 Å². The van der Waals surface area contributed by atoms with E-state index in [9.17, 15) is 9.90 Å². The van der Waals surface area contributed by atoms with Gasteiger partial charge in [0.1, 0.15) is 5.60 Å². The summed E-state index contributed by atoms with van der Waals surface area (Å²) in [6.07, 6.45) is 1.44. The largest absolute Gasteiger partial charge is 0.381 e. The van der Waals surface area contributed by atoms with Crippen molar-refractivity contribution in [3.63, 3.8) is 0 Å². The van der Waals surface area contributed by atoms with E-state index in [-0.39, 0.29) is 11.8 Å². The van der Waals surface area contributed by atoms with E-state index >= 15 is 0 Å². The lowest BCUT2D eigenvalue weighted by atomic mass is 9.82. The third kappa shape index (κ3) is 3.80. The average molecular weight is 292 g/mol. The van der Waals surface area contributed by atoms with Gasteiger partial charge in [-0.15, -0.1) is 0 Å². The first kappa shape index (κ1) is 15.9. The van der Waals surface area contributed by atoms with Gasteiger partial charge >= 0.3 is 0 Å². The Labute approximate surface area is 125 Å². The van der Waals surface area contributed by atoms with E-state index in [1.54, 1.807) is 18.9 Å². The zero-order valence-corrected chi connectivity index (χ0v) is 13.0. The summed E-state index contributed by atoms with van der Waals surface area (Å²) in [6.45, 7) is 5.16. The predicted octanol–water partition coefficient (Wildman–Crippen LogP) is 1.53. The molecule has 2 rings (SSSR count). The number of aliphatic hydroxyl groups is 1. The second-order valence-electron chi connectivity index (χ2n) is 5.97. The maximum Gasteiger partial charge on any atom is 0.254 e. The number of pyridine rings is 1. The third-order valence-corrected chi connectivity index (χ3v) is 4.14. The summed E-state index contributed by atoms with van der Waals surface area (Å²) < 4.78 is 5.30. The number of likely N-dealkylation sites (N-methyl/N-ethyl adjacent to an activating group) is 1. The molecule has 1 saturated heterocycles. The smallest absolute Gasteiger partial charge is 0.254 e. The van der Waals surface area contributed by atoms with E-state index in [1.165, 1.54) is 0 Å². The SMILES string of the molecule is Cc1cccc(CN(C)C(=O)C(C)(O)C2CCOCC2)n1. The molecule has 1 atom stereocenters. The van der Waals surface area contributed by atoms with Crippen molar-refractivity contribution in [1.29, 1.82) is 0 Å². The molecule has 1 aromatic rings. The van der Waals surface area contributed by atoms with Crippen molar-refractivity contribution in [2.24, 2.45) is 5.92 Å². The fourth-order valence-corrected chi connectivity index (χ4v) is 2.82. The van der Waals surface area contributed by atoms with Crippen molar-refractivity contribution in [2.75, 3.05) is 20.3 Å². The molecule has 1 aliphatic heterocycles. The van der Waals surface area contributed by atoms with Crippen LogP contribution in [0.2, 0.25) is 0 Å². The molecule has 0 aromatic carbocycles. The molecule has 1 N–H and O–H groups in total. The topological polar surface area (TPSA) is 62.7 Å². The van der Waals surface area contributed by atoms with Crippen molar-refractivity contribution in [2.45, 2.75) is 38.8 Å². The monoisotopic (exact) mass is 292 g/mol. The quantitative estimate of drug-likeness (QED) is 0.914. The first-order valence-electron chi connectivity index (χ1n) is 7.39. The molecule has 0 aliphatic carbocycles. The number of ether oxygens (including phenoxy) is 1. The first-order valence-corrected chi connectivity index (χ1v) is 7.39. The lowest BCUT2D eigenvalue weighted by molar-refractivity contribution is -0.158. The molecule has 0 saturated carbocycles. The summed E-state index contributed by atoms with van der Waals surface area (Å²) in [4.78, 5) is 18.5. The Morgan fingerprint density at radius 1 is 1.48 bits per heavy atom. The van der Waals surface area contributed by atoms with Gasteiger partial charge in [-0.2, -0.15) is 0 Å². The van der Waals surface area contributed by atoms with E-state index in [4.69, 9.17) is 4.74 Å². The molecule has 116 valence electrons. The summed E-state index contributed by atoms with van der Waals surface area (Å²) >= 11 is 0. The van der Waals surface area contributed by atoms with Gasteiger partial charge in [0, 0.05) is 31.9 Å². The van der Waals surface area contributed by atoms with Gasteiger partial charge in [0.05, 0.1) is 12.2 Å². The minimum Gasteiger partial charge on any atom is -0.381 e. The molecule has 1 aromatic heterocycles. The van der Waals surface area contributed by atoms with Crippen LogP contribution in [-0.4, -0.2) is 46.8 Å². The Bertz CT molecular complexity index is 496. The number of hydrogen-bond donors (Lipinski definition) is 1. The number of rotatable bonds is 4. The zero-order valence-electron chi connectivity index (χ0n) is 13.0. The van der Waals surface area contributed by atoms with Gasteiger partial charge in [0.2, 0.25) is 0 Å². The highest BCUT2D eigenvalue weighted by Gasteiger charge is 2.41. The predicted molar refractivity (Wildman–Crippen MR) is 79.6 cm³/mol. The fraction of sp³-hybridized carbons (Fsp3) is 0.625. The average Bonchev–Trinajstić information content (AvgIpc) is 2.47. The molecule has 0 spiro atoms. The van der Waals surface area contributed by atoms with Crippen LogP contribution in [0.1, 0.15) is 31.2 Å². The molecule has 21 heavy (non-hydrogen) atoms. The van der Waals surface area contributed by atoms with Crippen LogP contribution in [0.4, 0.5) is 0 Å². The fourth-order valence-electron chi connectivity index (χ4n) is 2.82. The van der Waals surface area contributed by atoms with Gasteiger partial charge in [0.25, 0.3) is 5.91 Å². The highest BCUT2D eigenvalue weighted by atomic mass is 16.5. The minimum atomic E-state index is -1.34. The minimum absolute atomic E-state index is 0.0494. The van der Waals surface area contributed by atoms with E-state index in [2.05, 4.69) is 4.98 Å². The van der Waals surface area contributed by atoms with Gasteiger partial charge in [-0.1, -0.05) is 6.07 Å². The number of nitrogens with zero attached hydrogens (tertiary/aromatic N) is 2. The number of hydrogen-bond acceptors (Lipinski definition) is 4. The maximum absolute atomic E-state index is 12.6. The molecule has 1 fully saturated rings. The number of aryl methyl sites for hydroxylation is 1. The van der Waals surface area contributed by atoms with Crippen molar-refractivity contribution in [3.05, 3.63) is 29.6 Å². The molecular formula is C16H24N2O3. The molecule has 0 radical (unpaired) electrons. The second kappa shape index (κ2) is 6.54. The summed E-state index contributed by atoms with van der Waals surface area (Å²) in [5, 5.41) is 10.6. The van der Waals surface area contributed by atoms with Crippen LogP contribution >= 0.6 is 0 Å². The zero-order chi connectivity index (χ0) is 15.5. The molecule has 0 bridgehead atoms. The first-order chi connectivity index (χ1) is 9.91. The van der Waals surface area contributed by atoms with Gasteiger partial charge in [-0.3, -0.25) is 9.78 Å². The Balaban J connectivity index is 2.03. The van der Waals surface area contributed by atoms with Crippen LogP contribution in [-0.2, 0) is 16.1 Å². The summed E-state index contributed by atoms with van der Waals surface area (Å²) in [5.74, 6) is -0.302. The van der Waals surface area contributed by atoms with Crippen molar-refractivity contribution < 1.29 is 14.6 Å². The number of amides is 1. The molecule has 5 nitrogen and oxygen atoms in total. The number of carbonyl (C=O) groups is 1. The van der Waals surface area contributed by atoms with Crippen molar-refractivity contribution in [1.82, 2.24) is 9.88 Å². The van der Waals surface area contributed by atoms with Crippen molar-refractivity contribution in [3.8, 4) is 0 Å². The highest BCUT2D eigenvalue weighted by molar-refractivity contribution is 5.84. The standard InChI is InChI=1S/C16H24N2O3/c1-12-5-4-6-14(17-12)11-18(3)15(19)16(2,20)13-7-9-21-10-8-13/h4-6,13,20H,7-11H2,1-3H3. The van der Waals surface area contributed by atoms with Crippen molar-refractivity contribution >= 4 is 5.91 Å². The van der Waals surface area contributed by atoms with Crippen LogP contribution < -0.4 is 0 Å². The van der Waals surface area contributed by atoms with E-state index in [1.807, 2.05) is 25.1 Å². The van der Waals surface area contributed by atoms with Gasteiger partial charge in [-0.25, -0.2) is 0 Å². The van der Waals surface area contributed by atoms with E-state index in [0.29, 0.717) is 19.8 Å². The van der Waals surface area contributed by atoms with Gasteiger partial charge in [0.15, 0.2) is 0 Å². The normalized spacial score (nSPS) is 19.0. The summed E-state index contributed by atoms with van der Waals surface area (Å²) in [5.41, 5.74) is 0.403. The number of aromatic nitrogens is 1. The maximum atomic E-state index is 12.6. The molecule has 1 aliphatic rings. The lowest BCUT2D eigenvalue weighted by Crippen LogP contribution is -2.51. The Hall–Kier alpha value is -1.46. The molecule has 1 unspecified atom stereocenters. The van der Waals surface area contributed by atoms with Crippen LogP contribution in [0.25, 0.3) is 0 Å². The summed E-state index contributed by atoms with van der Waals surface area (Å²) in [6, 6.07) is 5.73. The molecule has 1 amide bonds. The lowest BCUT2D eigenvalue weighted by Gasteiger charge is -2.36.